The Morgan fingerprint density at radius 2 is 0.933 bits per heavy atom. The number of nitrogens with one attached hydrogen (secondary N) is 8. The number of amides is 7. The van der Waals surface area contributed by atoms with Crippen LogP contribution >= 0.6 is 0 Å². The summed E-state index contributed by atoms with van der Waals surface area (Å²) in [7, 11) is 0. The lowest BCUT2D eigenvalue weighted by atomic mass is 10.0. The topological polar surface area (TPSA) is 585 Å². The first-order valence-corrected chi connectivity index (χ1v) is 28.7. The third-order valence-electron chi connectivity index (χ3n) is 13.6. The molecule has 0 aliphatic rings. The number of hydrogen-bond acceptors (Lipinski definition) is 15. The number of carbonyl (C=O) groups excluding carboxylic acids is 7. The molecule has 89 heavy (non-hydrogen) atoms. The van der Waals surface area contributed by atoms with Gasteiger partial charge in [-0.25, -0.2) is 0 Å². The number of guanidine groups is 5. The normalized spacial score (nSPS) is 12.6. The van der Waals surface area contributed by atoms with E-state index in [4.69, 9.17) is 57.3 Å². The quantitative estimate of drug-likeness (QED) is 0.0101. The Hall–Kier alpha value is -10.8. The van der Waals surface area contributed by atoms with E-state index in [2.05, 4.69) is 87.4 Å². The van der Waals surface area contributed by atoms with Crippen LogP contribution in [0, 0.1) is 0 Å². The van der Waals surface area contributed by atoms with E-state index >= 15 is 0 Å². The lowest BCUT2D eigenvalue weighted by Crippen LogP contribution is -2.58. The van der Waals surface area contributed by atoms with Crippen molar-refractivity contribution in [2.24, 2.45) is 82.3 Å². The molecule has 2 aromatic heterocycles. The van der Waals surface area contributed by atoms with E-state index in [1.807, 2.05) is 54.6 Å². The lowest BCUT2D eigenvalue weighted by Gasteiger charge is -2.27. The summed E-state index contributed by atoms with van der Waals surface area (Å²) in [5.41, 5.74) is 59.2. The van der Waals surface area contributed by atoms with Gasteiger partial charge in [0.1, 0.15) is 24.2 Å². The predicted molar refractivity (Wildman–Crippen MR) is 338 cm³/mol. The number of aromatic amines is 1. The van der Waals surface area contributed by atoms with Gasteiger partial charge in [-0.3, -0.25) is 58.5 Å². The standard InChI is InChI=1S/C55H83N27O7/c1-31(9-4-22-66-51(56)57)73-47(86)38(12-6-24-68-53(60)61)75-49(88)40(14-8-26-70-55(64)65)77-50(89)39(13-7-25-69-54(62)63)76-48(87)37(11-5-23-67-52(58)59)74-44(84)29-71-43(83)28-72-46(85)33-18-16-32(17-19-33)30-82-41-15-3-2-10-35(41)36-27-34(20-21-42(36)82)45-78-80-81-79-45/h2-3,10,15-21,27,31,37-40H,4-9,11-14,22-26,28-30H2,1H3,(H,71,83)(H,72,85)(H,73,86)(H,74,84)(H,75,88)(H,76,87)(H,77,89)(H4,56,57,66)(H4,58,59,67)(H4,60,61,68)(H4,62,63,69)(H4,64,65,70)(H,78,79,80,81)/t31-,37+,38+,39+,40+/m1/s1. The number of aromatic nitrogens is 5. The van der Waals surface area contributed by atoms with Crippen molar-refractivity contribution in [1.82, 2.24) is 62.4 Å². The number of H-pyrrole nitrogens is 1. The van der Waals surface area contributed by atoms with Gasteiger partial charge in [-0.15, -0.1) is 10.2 Å². The molecule has 0 aliphatic heterocycles. The third kappa shape index (κ3) is 23.9. The van der Waals surface area contributed by atoms with E-state index in [1.54, 1.807) is 19.1 Å². The van der Waals surface area contributed by atoms with E-state index in [0.717, 1.165) is 32.9 Å². The average Bonchev–Trinajstić information content (AvgIpc) is 1.66. The van der Waals surface area contributed by atoms with E-state index in [9.17, 15) is 33.6 Å². The highest BCUT2D eigenvalue weighted by Gasteiger charge is 2.32. The first kappa shape index (κ1) is 68.9. The highest BCUT2D eigenvalue weighted by atomic mass is 16.2. The number of rotatable bonds is 37. The minimum absolute atomic E-state index is 0.0380. The molecule has 34 nitrogen and oxygen atoms in total. The number of nitrogens with zero attached hydrogens (tertiary/aromatic N) is 9. The molecular weight excluding hydrogens is 1150 g/mol. The number of nitrogens with two attached hydrogens (primary N) is 10. The first-order valence-electron chi connectivity index (χ1n) is 28.7. The minimum atomic E-state index is -1.38. The van der Waals surface area contributed by atoms with Crippen LogP contribution in [0.5, 0.6) is 0 Å². The minimum Gasteiger partial charge on any atom is -0.370 e. The molecule has 0 saturated heterocycles. The van der Waals surface area contributed by atoms with E-state index in [1.165, 1.54) is 0 Å². The Morgan fingerprint density at radius 1 is 0.494 bits per heavy atom. The Morgan fingerprint density at radius 3 is 1.40 bits per heavy atom. The van der Waals surface area contributed by atoms with Crippen molar-refractivity contribution in [3.05, 3.63) is 77.9 Å². The van der Waals surface area contributed by atoms with Crippen molar-refractivity contribution in [3.63, 3.8) is 0 Å². The number of aliphatic imine (C=N–C) groups is 5. The Bertz CT molecular complexity index is 3320. The smallest absolute Gasteiger partial charge is 0.251 e. The molecule has 0 aliphatic carbocycles. The number of carbonyl (C=O) groups is 7. The summed E-state index contributed by atoms with van der Waals surface area (Å²) >= 11 is 0. The van der Waals surface area contributed by atoms with Crippen molar-refractivity contribution in [2.75, 3.05) is 45.8 Å². The molecule has 5 rings (SSSR count). The highest BCUT2D eigenvalue weighted by molar-refractivity contribution is 6.09. The van der Waals surface area contributed by atoms with Gasteiger partial charge in [-0.05, 0) is 118 Å². The number of para-hydroxylation sites is 1. The van der Waals surface area contributed by atoms with Crippen LogP contribution in [0.4, 0.5) is 0 Å². The zero-order valence-electron chi connectivity index (χ0n) is 49.6. The van der Waals surface area contributed by atoms with Crippen LogP contribution in [-0.4, -0.2) is 172 Å². The zero-order chi connectivity index (χ0) is 64.8. The lowest BCUT2D eigenvalue weighted by molar-refractivity contribution is -0.135. The maximum absolute atomic E-state index is 14.4. The van der Waals surface area contributed by atoms with Crippen molar-refractivity contribution < 1.29 is 33.6 Å². The van der Waals surface area contributed by atoms with Crippen molar-refractivity contribution in [1.29, 1.82) is 0 Å². The summed E-state index contributed by atoms with van der Waals surface area (Å²) in [6, 6.07) is 15.4. The number of tetrazole rings is 1. The van der Waals surface area contributed by atoms with E-state index in [-0.39, 0.29) is 119 Å². The van der Waals surface area contributed by atoms with Crippen LogP contribution in [0.2, 0.25) is 0 Å². The third-order valence-corrected chi connectivity index (χ3v) is 13.6. The largest absolute Gasteiger partial charge is 0.370 e. The molecule has 3 aromatic carbocycles. The number of hydrogen-bond donors (Lipinski definition) is 18. The summed E-state index contributed by atoms with van der Waals surface area (Å²) in [5.74, 6) is -5.42. The predicted octanol–water partition coefficient (Wildman–Crippen LogP) is -4.42. The molecule has 0 fully saturated rings. The summed E-state index contributed by atoms with van der Waals surface area (Å²) in [4.78, 5) is 116. The zero-order valence-corrected chi connectivity index (χ0v) is 49.6. The second-order valence-corrected chi connectivity index (χ2v) is 20.7. The van der Waals surface area contributed by atoms with Crippen molar-refractivity contribution >= 4 is 93.0 Å². The highest BCUT2D eigenvalue weighted by Crippen LogP contribution is 2.32. The van der Waals surface area contributed by atoms with E-state index in [0.29, 0.717) is 31.8 Å². The molecule has 7 amide bonds. The molecule has 28 N–H and O–H groups in total. The number of benzene rings is 3. The molecule has 0 radical (unpaired) electrons. The van der Waals surface area contributed by atoms with Gasteiger partial charge in [0.25, 0.3) is 5.91 Å². The van der Waals surface area contributed by atoms with Crippen LogP contribution in [-0.2, 0) is 35.3 Å². The van der Waals surface area contributed by atoms with Crippen LogP contribution in [0.15, 0.2) is 91.7 Å². The molecule has 2 heterocycles. The molecular formula is C55H83N27O7. The first-order chi connectivity index (χ1) is 42.6. The fraction of sp³-hybridized carbons (Fsp3) is 0.436. The fourth-order valence-corrected chi connectivity index (χ4v) is 9.27. The molecule has 0 saturated carbocycles. The Kier molecular flexibility index (Phi) is 27.6. The molecule has 480 valence electrons. The summed E-state index contributed by atoms with van der Waals surface area (Å²) in [6.45, 7) is 1.77. The van der Waals surface area contributed by atoms with Crippen LogP contribution in [0.3, 0.4) is 0 Å². The van der Waals surface area contributed by atoms with Gasteiger partial charge >= 0.3 is 0 Å². The molecule has 0 unspecified atom stereocenters. The molecule has 5 atom stereocenters. The van der Waals surface area contributed by atoms with Gasteiger partial charge in [-0.2, -0.15) is 5.21 Å². The maximum atomic E-state index is 14.4. The summed E-state index contributed by atoms with van der Waals surface area (Å²) in [6.07, 6.45) is 1.69. The van der Waals surface area contributed by atoms with Gasteiger partial charge in [0.2, 0.25) is 41.3 Å². The SMILES string of the molecule is C[C@H](CCCN=C(N)N)NC(=O)[C@H](CCCN=C(N)N)NC(=O)[C@H](CCCN=C(N)N)NC(=O)[C@H](CCCN=C(N)N)NC(=O)[C@H](CCCN=C(N)N)NC(=O)CNC(=O)CNC(=O)c1ccc(Cn2c3ccccc3c3cc(-c4nn[nH]n4)ccc32)cc1. The van der Waals surface area contributed by atoms with Gasteiger partial charge in [0.15, 0.2) is 29.8 Å². The van der Waals surface area contributed by atoms with Crippen molar-refractivity contribution in [2.45, 2.75) is 108 Å². The molecule has 5 aromatic rings. The Balaban J connectivity index is 1.24. The van der Waals surface area contributed by atoms with Crippen LogP contribution < -0.4 is 94.6 Å². The Labute approximate surface area is 512 Å². The van der Waals surface area contributed by atoms with Gasteiger partial charge in [-0.1, -0.05) is 30.3 Å². The summed E-state index contributed by atoms with van der Waals surface area (Å²) < 4.78 is 2.17. The van der Waals surface area contributed by atoms with Crippen LogP contribution in [0.25, 0.3) is 33.2 Å². The van der Waals surface area contributed by atoms with Crippen LogP contribution in [0.1, 0.15) is 87.1 Å². The maximum Gasteiger partial charge on any atom is 0.251 e. The molecule has 0 spiro atoms. The fourth-order valence-electron chi connectivity index (χ4n) is 9.27. The molecule has 0 bridgehead atoms. The van der Waals surface area contributed by atoms with Crippen molar-refractivity contribution in [3.8, 4) is 11.4 Å². The average molecular weight is 1230 g/mol. The van der Waals surface area contributed by atoms with Gasteiger partial charge in [0, 0.05) is 78.2 Å². The second-order valence-electron chi connectivity index (χ2n) is 20.7. The van der Waals surface area contributed by atoms with Gasteiger partial charge in [0.05, 0.1) is 13.1 Å². The number of fused-ring (bicyclic) bond motifs is 3. The monoisotopic (exact) mass is 1230 g/mol. The summed E-state index contributed by atoms with van der Waals surface area (Å²) in [5, 5.41) is 35.0. The van der Waals surface area contributed by atoms with Gasteiger partial charge < -0.3 is 99.1 Å². The van der Waals surface area contributed by atoms with E-state index < -0.39 is 78.6 Å². The molecule has 34 heteroatoms. The second kappa shape index (κ2) is 35.6.